The molecule has 0 spiro atoms. The highest BCUT2D eigenvalue weighted by molar-refractivity contribution is 9.09. The highest BCUT2D eigenvalue weighted by Gasteiger charge is 2.24. The van der Waals surface area contributed by atoms with Crippen molar-refractivity contribution in [2.75, 3.05) is 14.2 Å². The van der Waals surface area contributed by atoms with Crippen LogP contribution in [-0.4, -0.2) is 14.2 Å². The molecule has 0 amide bonds. The fourth-order valence-electron chi connectivity index (χ4n) is 1.88. The Hall–Kier alpha value is -0.700. The minimum Gasteiger partial charge on any atom is -0.497 e. The number of benzene rings is 1. The maximum Gasteiger partial charge on any atom is 0.123 e. The first-order valence-electron chi connectivity index (χ1n) is 6.65. The largest absolute Gasteiger partial charge is 0.497 e. The quantitative estimate of drug-likeness (QED) is 0.690. The molecular weight excluding hydrogens is 304 g/mol. The third kappa shape index (κ3) is 4.41. The first-order chi connectivity index (χ1) is 8.79. The van der Waals surface area contributed by atoms with E-state index in [1.54, 1.807) is 14.2 Å². The third-order valence-corrected chi connectivity index (χ3v) is 4.68. The Balaban J connectivity index is 2.94. The van der Waals surface area contributed by atoms with Gasteiger partial charge in [-0.05, 0) is 36.0 Å². The summed E-state index contributed by atoms with van der Waals surface area (Å²) in [6.45, 7) is 9.13. The molecule has 0 aromatic heterocycles. The van der Waals surface area contributed by atoms with E-state index in [-0.39, 0.29) is 4.83 Å². The average molecular weight is 329 g/mol. The summed E-state index contributed by atoms with van der Waals surface area (Å²) < 4.78 is 10.7. The van der Waals surface area contributed by atoms with Crippen LogP contribution in [0, 0.1) is 11.3 Å². The van der Waals surface area contributed by atoms with E-state index in [1.807, 2.05) is 18.2 Å². The van der Waals surface area contributed by atoms with Crippen LogP contribution in [0.5, 0.6) is 11.5 Å². The number of alkyl halides is 1. The van der Waals surface area contributed by atoms with Gasteiger partial charge < -0.3 is 9.47 Å². The number of ether oxygens (including phenoxy) is 2. The fourth-order valence-corrected chi connectivity index (χ4v) is 2.79. The molecule has 0 aliphatic heterocycles. The average Bonchev–Trinajstić information content (AvgIpc) is 2.36. The zero-order valence-electron chi connectivity index (χ0n) is 12.8. The van der Waals surface area contributed by atoms with Crippen LogP contribution in [0.1, 0.15) is 44.5 Å². The van der Waals surface area contributed by atoms with Gasteiger partial charge in [0.05, 0.1) is 14.2 Å². The normalized spacial score (nSPS) is 14.9. The second-order valence-corrected chi connectivity index (χ2v) is 7.18. The molecule has 0 saturated carbocycles. The molecule has 2 nitrogen and oxygen atoms in total. The Labute approximate surface area is 125 Å². The lowest BCUT2D eigenvalue weighted by atomic mass is 9.79. The van der Waals surface area contributed by atoms with Gasteiger partial charge in [-0.2, -0.15) is 0 Å². The molecule has 0 fully saturated rings. The molecule has 2 atom stereocenters. The predicted octanol–water partition coefficient (Wildman–Crippen LogP) is 5.21. The molecule has 2 unspecified atom stereocenters. The molecule has 1 rings (SSSR count). The van der Waals surface area contributed by atoms with Crippen molar-refractivity contribution in [2.24, 2.45) is 11.3 Å². The standard InChI is InChI=1S/C16H25BrO2/c1-11(16(2,3)4)9-14(17)13-10-12(18-5)7-8-15(13)19-6/h7-8,10-11,14H,9H2,1-6H3. The molecule has 108 valence electrons. The van der Waals surface area contributed by atoms with Crippen molar-refractivity contribution in [2.45, 2.75) is 38.9 Å². The van der Waals surface area contributed by atoms with E-state index < -0.39 is 0 Å². The first-order valence-corrected chi connectivity index (χ1v) is 7.57. The minimum atomic E-state index is 0.270. The first kappa shape index (κ1) is 16.4. The van der Waals surface area contributed by atoms with Crippen molar-refractivity contribution in [3.63, 3.8) is 0 Å². The molecule has 1 aromatic rings. The number of hydrogen-bond donors (Lipinski definition) is 0. The summed E-state index contributed by atoms with van der Waals surface area (Å²) >= 11 is 3.80. The fraction of sp³-hybridized carbons (Fsp3) is 0.625. The summed E-state index contributed by atoms with van der Waals surface area (Å²) in [6.07, 6.45) is 1.06. The zero-order valence-corrected chi connectivity index (χ0v) is 14.4. The van der Waals surface area contributed by atoms with Crippen molar-refractivity contribution in [3.05, 3.63) is 23.8 Å². The van der Waals surface area contributed by atoms with E-state index in [1.165, 1.54) is 0 Å². The molecule has 1 aromatic carbocycles. The zero-order chi connectivity index (χ0) is 14.6. The summed E-state index contributed by atoms with van der Waals surface area (Å²) in [4.78, 5) is 0.270. The molecule has 0 N–H and O–H groups in total. The Kier molecular flexibility index (Phi) is 5.72. The Morgan fingerprint density at radius 3 is 2.26 bits per heavy atom. The number of methoxy groups -OCH3 is 2. The summed E-state index contributed by atoms with van der Waals surface area (Å²) in [5.41, 5.74) is 1.45. The highest BCUT2D eigenvalue weighted by Crippen LogP contribution is 2.41. The van der Waals surface area contributed by atoms with Crippen LogP contribution in [0.3, 0.4) is 0 Å². The maximum absolute atomic E-state index is 5.45. The van der Waals surface area contributed by atoms with Crippen molar-refractivity contribution in [1.82, 2.24) is 0 Å². The van der Waals surface area contributed by atoms with Crippen molar-refractivity contribution in [3.8, 4) is 11.5 Å². The van der Waals surface area contributed by atoms with E-state index in [4.69, 9.17) is 9.47 Å². The van der Waals surface area contributed by atoms with Gasteiger partial charge in [0.1, 0.15) is 11.5 Å². The lowest BCUT2D eigenvalue weighted by molar-refractivity contribution is 0.246. The molecule has 0 aliphatic carbocycles. The van der Waals surface area contributed by atoms with Gasteiger partial charge in [0, 0.05) is 10.4 Å². The molecule has 3 heteroatoms. The molecule has 19 heavy (non-hydrogen) atoms. The van der Waals surface area contributed by atoms with Crippen molar-refractivity contribution >= 4 is 15.9 Å². The molecule has 0 radical (unpaired) electrons. The van der Waals surface area contributed by atoms with E-state index in [0.29, 0.717) is 11.3 Å². The Morgan fingerprint density at radius 2 is 1.79 bits per heavy atom. The van der Waals surface area contributed by atoms with Crippen LogP contribution in [0.15, 0.2) is 18.2 Å². The molecule has 0 heterocycles. The van der Waals surface area contributed by atoms with Crippen LogP contribution in [0.25, 0.3) is 0 Å². The number of halogens is 1. The van der Waals surface area contributed by atoms with Gasteiger partial charge in [0.25, 0.3) is 0 Å². The van der Waals surface area contributed by atoms with Gasteiger partial charge in [-0.15, -0.1) is 0 Å². The van der Waals surface area contributed by atoms with E-state index >= 15 is 0 Å². The van der Waals surface area contributed by atoms with Crippen LogP contribution in [0.4, 0.5) is 0 Å². The van der Waals surface area contributed by atoms with Crippen molar-refractivity contribution in [1.29, 1.82) is 0 Å². The van der Waals surface area contributed by atoms with Crippen LogP contribution in [0.2, 0.25) is 0 Å². The molecule has 0 saturated heterocycles. The predicted molar refractivity (Wildman–Crippen MR) is 84.5 cm³/mol. The Morgan fingerprint density at radius 1 is 1.16 bits per heavy atom. The SMILES string of the molecule is COc1ccc(OC)c(C(Br)CC(C)C(C)(C)C)c1. The second kappa shape index (κ2) is 6.65. The number of hydrogen-bond acceptors (Lipinski definition) is 2. The third-order valence-electron chi connectivity index (χ3n) is 3.81. The lowest BCUT2D eigenvalue weighted by Crippen LogP contribution is -2.18. The molecule has 0 bridgehead atoms. The summed E-state index contributed by atoms with van der Waals surface area (Å²) in [5.74, 6) is 2.38. The summed E-state index contributed by atoms with van der Waals surface area (Å²) in [7, 11) is 3.39. The summed E-state index contributed by atoms with van der Waals surface area (Å²) in [5, 5.41) is 0. The van der Waals surface area contributed by atoms with Crippen molar-refractivity contribution < 1.29 is 9.47 Å². The number of rotatable bonds is 5. The van der Waals surface area contributed by atoms with Crippen LogP contribution in [-0.2, 0) is 0 Å². The highest BCUT2D eigenvalue weighted by atomic mass is 79.9. The van der Waals surface area contributed by atoms with E-state index in [9.17, 15) is 0 Å². The monoisotopic (exact) mass is 328 g/mol. The van der Waals surface area contributed by atoms with Crippen LogP contribution < -0.4 is 9.47 Å². The van der Waals surface area contributed by atoms with E-state index in [0.717, 1.165) is 23.5 Å². The van der Waals surface area contributed by atoms with Crippen LogP contribution >= 0.6 is 15.9 Å². The Bertz CT molecular complexity index is 410. The van der Waals surface area contributed by atoms with Gasteiger partial charge in [0.2, 0.25) is 0 Å². The summed E-state index contributed by atoms with van der Waals surface area (Å²) in [6, 6.07) is 5.94. The van der Waals surface area contributed by atoms with Gasteiger partial charge in [-0.1, -0.05) is 43.6 Å². The van der Waals surface area contributed by atoms with Gasteiger partial charge in [-0.3, -0.25) is 0 Å². The lowest BCUT2D eigenvalue weighted by Gasteiger charge is -2.29. The van der Waals surface area contributed by atoms with Gasteiger partial charge >= 0.3 is 0 Å². The van der Waals surface area contributed by atoms with E-state index in [2.05, 4.69) is 43.6 Å². The molecular formula is C16H25BrO2. The topological polar surface area (TPSA) is 18.5 Å². The second-order valence-electron chi connectivity index (χ2n) is 6.08. The van der Waals surface area contributed by atoms with Gasteiger partial charge in [-0.25, -0.2) is 0 Å². The maximum atomic E-state index is 5.45. The smallest absolute Gasteiger partial charge is 0.123 e. The molecule has 0 aliphatic rings. The van der Waals surface area contributed by atoms with Gasteiger partial charge in [0.15, 0.2) is 0 Å². The minimum absolute atomic E-state index is 0.270.